The molecule has 0 unspecified atom stereocenters. The third-order valence-electron chi connectivity index (χ3n) is 4.49. The molecule has 6 nitrogen and oxygen atoms in total. The molecule has 1 atom stereocenters. The van der Waals surface area contributed by atoms with Crippen molar-refractivity contribution in [1.82, 2.24) is 9.88 Å². The van der Waals surface area contributed by atoms with Gasteiger partial charge in [-0.3, -0.25) is 9.52 Å². The molecule has 1 N–H and O–H groups in total. The first kappa shape index (κ1) is 19.1. The highest BCUT2D eigenvalue weighted by Gasteiger charge is 2.28. The molecule has 1 saturated heterocycles. The molecule has 1 aromatic heterocycles. The third kappa shape index (κ3) is 3.72. The number of amides is 1. The van der Waals surface area contributed by atoms with Gasteiger partial charge in [-0.15, -0.1) is 11.3 Å². The van der Waals surface area contributed by atoms with Crippen molar-refractivity contribution in [3.05, 3.63) is 38.7 Å². The average Bonchev–Trinajstić information content (AvgIpc) is 3.18. The van der Waals surface area contributed by atoms with Crippen LogP contribution in [0, 0.1) is 13.8 Å². The Hall–Kier alpha value is -1.64. The van der Waals surface area contributed by atoms with Gasteiger partial charge in [0.15, 0.2) is 10.8 Å². The first-order valence-electron chi connectivity index (χ1n) is 8.25. The second-order valence-corrected chi connectivity index (χ2v) is 9.42. The summed E-state index contributed by atoms with van der Waals surface area (Å²) in [5.41, 5.74) is 1.22. The summed E-state index contributed by atoms with van der Waals surface area (Å²) in [5, 5.41) is 2.35. The lowest BCUT2D eigenvalue weighted by molar-refractivity contribution is 0.0747. The van der Waals surface area contributed by atoms with E-state index in [9.17, 15) is 13.2 Å². The summed E-state index contributed by atoms with van der Waals surface area (Å²) in [6, 6.07) is 3.34. The second-order valence-electron chi connectivity index (χ2n) is 6.50. The van der Waals surface area contributed by atoms with E-state index in [0.717, 1.165) is 24.2 Å². The van der Waals surface area contributed by atoms with Gasteiger partial charge in [0.2, 0.25) is 0 Å². The Morgan fingerprint density at radius 1 is 1.35 bits per heavy atom. The molecule has 1 aliphatic rings. The molecule has 1 fully saturated rings. The molecule has 1 amide bonds. The van der Waals surface area contributed by atoms with Crippen LogP contribution in [0.25, 0.3) is 0 Å². The monoisotopic (exact) mass is 413 g/mol. The second kappa shape index (κ2) is 7.17. The highest BCUT2D eigenvalue weighted by Crippen LogP contribution is 2.27. The first-order chi connectivity index (χ1) is 12.2. The van der Waals surface area contributed by atoms with Crippen molar-refractivity contribution in [1.29, 1.82) is 0 Å². The number of carbonyl (C=O) groups excluding carboxylic acids is 1. The maximum absolute atomic E-state index is 12.7. The Kier molecular flexibility index (Phi) is 5.28. The lowest BCUT2D eigenvalue weighted by Gasteiger charge is -2.19. The van der Waals surface area contributed by atoms with Crippen LogP contribution >= 0.6 is 22.9 Å². The maximum atomic E-state index is 12.7. The Bertz CT molecular complexity index is 956. The molecular formula is C17H20ClN3O3S2. The van der Waals surface area contributed by atoms with E-state index in [1.165, 1.54) is 6.07 Å². The first-order valence-corrected chi connectivity index (χ1v) is 11.0. The van der Waals surface area contributed by atoms with E-state index in [-0.39, 0.29) is 22.7 Å². The molecule has 0 aliphatic carbocycles. The minimum atomic E-state index is -3.81. The number of hydrogen-bond donors (Lipinski definition) is 1. The van der Waals surface area contributed by atoms with E-state index in [0.29, 0.717) is 27.7 Å². The Balaban J connectivity index is 1.82. The molecule has 2 heterocycles. The molecule has 1 aromatic carbocycles. The number of aromatic nitrogens is 1. The van der Waals surface area contributed by atoms with E-state index < -0.39 is 10.0 Å². The van der Waals surface area contributed by atoms with Crippen LogP contribution in [-0.2, 0) is 10.0 Å². The molecule has 0 saturated carbocycles. The van der Waals surface area contributed by atoms with Crippen molar-refractivity contribution >= 4 is 44.7 Å². The molecular weight excluding hydrogens is 394 g/mol. The van der Waals surface area contributed by atoms with Crippen LogP contribution in [0.4, 0.5) is 5.82 Å². The van der Waals surface area contributed by atoms with E-state index in [1.54, 1.807) is 30.2 Å². The number of likely N-dealkylation sites (tertiary alicyclic amines) is 1. The summed E-state index contributed by atoms with van der Waals surface area (Å²) < 4.78 is 27.8. The van der Waals surface area contributed by atoms with Crippen molar-refractivity contribution in [2.45, 2.75) is 44.6 Å². The highest BCUT2D eigenvalue weighted by molar-refractivity contribution is 7.92. The third-order valence-corrected chi connectivity index (χ3v) is 7.22. The van der Waals surface area contributed by atoms with Crippen LogP contribution in [0.15, 0.2) is 22.4 Å². The van der Waals surface area contributed by atoms with E-state index >= 15 is 0 Å². The lowest BCUT2D eigenvalue weighted by atomic mass is 10.2. The number of sulfonamides is 1. The fourth-order valence-corrected chi connectivity index (χ4v) is 5.31. The van der Waals surface area contributed by atoms with Crippen LogP contribution in [0.1, 0.15) is 40.7 Å². The molecule has 9 heteroatoms. The van der Waals surface area contributed by atoms with Crippen molar-refractivity contribution in [3.63, 3.8) is 0 Å². The minimum absolute atomic E-state index is 0.147. The maximum Gasteiger partial charge on any atom is 0.283 e. The molecule has 26 heavy (non-hydrogen) atoms. The number of nitrogens with one attached hydrogen (secondary N) is 1. The largest absolute Gasteiger partial charge is 0.334 e. The number of aryl methyl sites for hydroxylation is 2. The van der Waals surface area contributed by atoms with Crippen LogP contribution in [0.2, 0.25) is 5.02 Å². The number of carbonyl (C=O) groups is 1. The summed E-state index contributed by atoms with van der Waals surface area (Å²) in [6.45, 7) is 6.15. The van der Waals surface area contributed by atoms with Crippen LogP contribution < -0.4 is 4.72 Å². The zero-order valence-corrected chi connectivity index (χ0v) is 17.1. The van der Waals surface area contributed by atoms with Crippen molar-refractivity contribution < 1.29 is 13.2 Å². The SMILES string of the molecule is Cc1cc(S(=O)(=O)Nc2csc(C(=O)N3CCC[C@H]3C)n2)c(C)cc1Cl. The standard InChI is InChI=1S/C17H20ClN3O3S2/c1-10-8-14(11(2)7-13(10)18)26(23,24)20-15-9-25-16(19-15)17(22)21-6-4-5-12(21)3/h7-9,12,20H,4-6H2,1-3H3/t12-/m1/s1. The normalized spacial score (nSPS) is 17.5. The predicted molar refractivity (Wildman–Crippen MR) is 104 cm³/mol. The van der Waals surface area contributed by atoms with Gasteiger partial charge in [-0.25, -0.2) is 13.4 Å². The number of anilines is 1. The summed E-state index contributed by atoms with van der Waals surface area (Å²) in [5.74, 6) is 0.00108. The molecule has 2 aromatic rings. The van der Waals surface area contributed by atoms with E-state index in [4.69, 9.17) is 11.6 Å². The average molecular weight is 414 g/mol. The fraction of sp³-hybridized carbons (Fsp3) is 0.412. The number of nitrogens with zero attached hydrogens (tertiary/aromatic N) is 2. The Morgan fingerprint density at radius 3 is 2.73 bits per heavy atom. The van der Waals surface area contributed by atoms with Gasteiger partial charge in [-0.1, -0.05) is 11.6 Å². The van der Waals surface area contributed by atoms with Crippen molar-refractivity contribution in [2.24, 2.45) is 0 Å². The molecule has 0 bridgehead atoms. The van der Waals surface area contributed by atoms with Gasteiger partial charge >= 0.3 is 0 Å². The molecule has 0 radical (unpaired) electrons. The zero-order chi connectivity index (χ0) is 19.1. The number of rotatable bonds is 4. The summed E-state index contributed by atoms with van der Waals surface area (Å²) >= 11 is 7.18. The Labute approximate surface area is 162 Å². The smallest absolute Gasteiger partial charge is 0.283 e. The number of thiazole rings is 1. The number of benzene rings is 1. The number of hydrogen-bond acceptors (Lipinski definition) is 5. The Morgan fingerprint density at radius 2 is 2.08 bits per heavy atom. The molecule has 140 valence electrons. The van der Waals surface area contributed by atoms with Gasteiger partial charge < -0.3 is 4.90 Å². The highest BCUT2D eigenvalue weighted by atomic mass is 35.5. The summed E-state index contributed by atoms with van der Waals surface area (Å²) in [6.07, 6.45) is 1.96. The van der Waals surface area contributed by atoms with Gasteiger partial charge in [-0.2, -0.15) is 0 Å². The molecule has 0 spiro atoms. The predicted octanol–water partition coefficient (Wildman–Crippen LogP) is 3.84. The quantitative estimate of drug-likeness (QED) is 0.825. The topological polar surface area (TPSA) is 79.4 Å². The van der Waals surface area contributed by atoms with E-state index in [1.807, 2.05) is 6.92 Å². The van der Waals surface area contributed by atoms with E-state index in [2.05, 4.69) is 9.71 Å². The zero-order valence-electron chi connectivity index (χ0n) is 14.7. The van der Waals surface area contributed by atoms with Gasteiger partial charge in [-0.05, 0) is 56.9 Å². The fourth-order valence-electron chi connectivity index (χ4n) is 3.01. The number of halogens is 1. The molecule has 1 aliphatic heterocycles. The minimum Gasteiger partial charge on any atom is -0.334 e. The van der Waals surface area contributed by atoms with Gasteiger partial charge in [0.1, 0.15) is 0 Å². The van der Waals surface area contributed by atoms with Crippen LogP contribution in [0.5, 0.6) is 0 Å². The lowest BCUT2D eigenvalue weighted by Crippen LogP contribution is -2.33. The van der Waals surface area contributed by atoms with Crippen LogP contribution in [0.3, 0.4) is 0 Å². The summed E-state index contributed by atoms with van der Waals surface area (Å²) in [7, 11) is -3.81. The van der Waals surface area contributed by atoms with Gasteiger partial charge in [0, 0.05) is 23.0 Å². The molecule has 3 rings (SSSR count). The van der Waals surface area contributed by atoms with Gasteiger partial charge in [0.25, 0.3) is 15.9 Å². The summed E-state index contributed by atoms with van der Waals surface area (Å²) in [4.78, 5) is 18.6. The van der Waals surface area contributed by atoms with Crippen molar-refractivity contribution in [2.75, 3.05) is 11.3 Å². The van der Waals surface area contributed by atoms with Gasteiger partial charge in [0.05, 0.1) is 4.90 Å². The van der Waals surface area contributed by atoms with Crippen molar-refractivity contribution in [3.8, 4) is 0 Å². The van der Waals surface area contributed by atoms with Crippen LogP contribution in [-0.4, -0.2) is 36.8 Å².